The van der Waals surface area contributed by atoms with E-state index in [9.17, 15) is 18.0 Å². The number of benzene rings is 1. The van der Waals surface area contributed by atoms with E-state index in [0.29, 0.717) is 19.0 Å². The fourth-order valence-electron chi connectivity index (χ4n) is 4.36. The summed E-state index contributed by atoms with van der Waals surface area (Å²) in [6.45, 7) is 5.07. The first-order chi connectivity index (χ1) is 14.7. The summed E-state index contributed by atoms with van der Waals surface area (Å²) >= 11 is 0. The average molecular weight is 451 g/mol. The van der Waals surface area contributed by atoms with E-state index >= 15 is 0 Å². The molecule has 2 aliphatic rings. The van der Waals surface area contributed by atoms with Gasteiger partial charge in [0.1, 0.15) is 0 Å². The monoisotopic (exact) mass is 450 g/mol. The molecule has 1 aliphatic carbocycles. The molecule has 31 heavy (non-hydrogen) atoms. The summed E-state index contributed by atoms with van der Waals surface area (Å²) in [4.78, 5) is 27.1. The Morgan fingerprint density at radius 3 is 2.39 bits per heavy atom. The summed E-state index contributed by atoms with van der Waals surface area (Å²) in [6.07, 6.45) is 5.88. The normalized spacial score (nSPS) is 19.9. The second-order valence-corrected chi connectivity index (χ2v) is 10.9. The van der Waals surface area contributed by atoms with E-state index in [2.05, 4.69) is 6.92 Å². The highest BCUT2D eigenvalue weighted by Crippen LogP contribution is 2.27. The first kappa shape index (κ1) is 23.7. The van der Waals surface area contributed by atoms with Crippen molar-refractivity contribution < 1.29 is 22.7 Å². The van der Waals surface area contributed by atoms with Crippen LogP contribution in [-0.4, -0.2) is 61.8 Å². The van der Waals surface area contributed by atoms with Gasteiger partial charge >= 0.3 is 5.97 Å². The van der Waals surface area contributed by atoms with Gasteiger partial charge in [-0.1, -0.05) is 32.3 Å². The third-order valence-electron chi connectivity index (χ3n) is 6.56. The number of sulfonamides is 1. The van der Waals surface area contributed by atoms with Gasteiger partial charge in [0.15, 0.2) is 6.10 Å². The Bertz CT molecular complexity index is 887. The van der Waals surface area contributed by atoms with Gasteiger partial charge in [0.2, 0.25) is 10.0 Å². The van der Waals surface area contributed by atoms with Crippen molar-refractivity contribution in [2.45, 2.75) is 75.8 Å². The smallest absolute Gasteiger partial charge is 0.338 e. The number of hydrogen-bond donors (Lipinski definition) is 0. The Labute approximate surface area is 185 Å². The van der Waals surface area contributed by atoms with Crippen LogP contribution in [0.4, 0.5) is 0 Å². The second kappa shape index (κ2) is 10.1. The highest BCUT2D eigenvalue weighted by atomic mass is 32.2. The van der Waals surface area contributed by atoms with Crippen LogP contribution in [0.2, 0.25) is 0 Å². The van der Waals surface area contributed by atoms with Gasteiger partial charge in [-0.2, -0.15) is 4.31 Å². The Balaban J connectivity index is 1.67. The molecule has 1 atom stereocenters. The number of nitrogens with zero attached hydrogens (tertiary/aromatic N) is 2. The molecular weight excluding hydrogens is 416 g/mol. The maximum Gasteiger partial charge on any atom is 0.338 e. The van der Waals surface area contributed by atoms with E-state index in [1.165, 1.54) is 28.6 Å². The third-order valence-corrected chi connectivity index (χ3v) is 8.47. The van der Waals surface area contributed by atoms with Crippen LogP contribution in [0.15, 0.2) is 29.2 Å². The van der Waals surface area contributed by atoms with Crippen LogP contribution in [-0.2, 0) is 19.6 Å². The third kappa shape index (κ3) is 5.66. The fourth-order valence-corrected chi connectivity index (χ4v) is 5.82. The zero-order valence-electron chi connectivity index (χ0n) is 18.7. The van der Waals surface area contributed by atoms with Crippen molar-refractivity contribution in [3.05, 3.63) is 29.8 Å². The lowest BCUT2D eigenvalue weighted by Crippen LogP contribution is -2.44. The Morgan fingerprint density at radius 1 is 1.10 bits per heavy atom. The lowest BCUT2D eigenvalue weighted by Gasteiger charge is -2.32. The van der Waals surface area contributed by atoms with Gasteiger partial charge in [-0.3, -0.25) is 4.79 Å². The molecule has 1 saturated heterocycles. The summed E-state index contributed by atoms with van der Waals surface area (Å²) in [5.41, 5.74) is 0.130. The van der Waals surface area contributed by atoms with Crippen LogP contribution < -0.4 is 0 Å². The zero-order valence-corrected chi connectivity index (χ0v) is 19.6. The van der Waals surface area contributed by atoms with Crippen molar-refractivity contribution in [1.29, 1.82) is 0 Å². The van der Waals surface area contributed by atoms with Crippen LogP contribution in [0, 0.1) is 5.92 Å². The van der Waals surface area contributed by atoms with Crippen LogP contribution in [0.1, 0.15) is 69.2 Å². The predicted octanol–water partition coefficient (Wildman–Crippen LogP) is 3.44. The first-order valence-electron chi connectivity index (χ1n) is 11.3. The van der Waals surface area contributed by atoms with Crippen molar-refractivity contribution in [2.24, 2.45) is 5.92 Å². The van der Waals surface area contributed by atoms with Gasteiger partial charge in [0.25, 0.3) is 5.91 Å². The number of ether oxygens (including phenoxy) is 1. The lowest BCUT2D eigenvalue weighted by molar-refractivity contribution is -0.141. The number of piperidine rings is 1. The largest absolute Gasteiger partial charge is 0.449 e. The first-order valence-corrected chi connectivity index (χ1v) is 12.7. The SMILES string of the molecule is CC1CCN(C(=O)[C@@H](C)OC(=O)c2cccc(S(=O)(=O)N(C)C3CCCCC3)c2)CC1. The van der Waals surface area contributed by atoms with Crippen molar-refractivity contribution in [3.63, 3.8) is 0 Å². The Hall–Kier alpha value is -1.93. The summed E-state index contributed by atoms with van der Waals surface area (Å²) in [5.74, 6) is -0.303. The topological polar surface area (TPSA) is 84.0 Å². The molecule has 0 unspecified atom stereocenters. The molecule has 3 rings (SSSR count). The minimum Gasteiger partial charge on any atom is -0.449 e. The molecule has 1 aromatic rings. The molecule has 1 aromatic carbocycles. The molecule has 172 valence electrons. The van der Waals surface area contributed by atoms with Crippen molar-refractivity contribution in [2.75, 3.05) is 20.1 Å². The lowest BCUT2D eigenvalue weighted by atomic mass is 9.96. The number of amides is 1. The van der Waals surface area contributed by atoms with E-state index in [4.69, 9.17) is 4.74 Å². The molecule has 8 heteroatoms. The number of likely N-dealkylation sites (tertiary alicyclic amines) is 1. The molecule has 1 heterocycles. The van der Waals surface area contributed by atoms with Crippen LogP contribution in [0.25, 0.3) is 0 Å². The number of esters is 1. The molecule has 1 saturated carbocycles. The summed E-state index contributed by atoms with van der Waals surface area (Å²) in [6, 6.07) is 5.88. The molecule has 0 radical (unpaired) electrons. The Kier molecular flexibility index (Phi) is 7.75. The van der Waals surface area contributed by atoms with Gasteiger partial charge in [-0.25, -0.2) is 13.2 Å². The molecule has 1 amide bonds. The minimum atomic E-state index is -3.71. The van der Waals surface area contributed by atoms with Gasteiger partial charge in [0.05, 0.1) is 10.5 Å². The van der Waals surface area contributed by atoms with Crippen LogP contribution >= 0.6 is 0 Å². The van der Waals surface area contributed by atoms with Crippen LogP contribution in [0.5, 0.6) is 0 Å². The fraction of sp³-hybridized carbons (Fsp3) is 0.652. The highest BCUT2D eigenvalue weighted by molar-refractivity contribution is 7.89. The molecule has 0 bridgehead atoms. The average Bonchev–Trinajstić information content (AvgIpc) is 2.79. The maximum absolute atomic E-state index is 13.1. The van der Waals surface area contributed by atoms with E-state index in [1.807, 2.05) is 0 Å². The second-order valence-electron chi connectivity index (χ2n) is 8.90. The summed E-state index contributed by atoms with van der Waals surface area (Å²) < 4.78 is 33.0. The molecule has 0 aromatic heterocycles. The maximum atomic E-state index is 13.1. The van der Waals surface area contributed by atoms with Crippen molar-refractivity contribution in [3.8, 4) is 0 Å². The highest BCUT2D eigenvalue weighted by Gasteiger charge is 2.30. The number of carbonyl (C=O) groups excluding carboxylic acids is 2. The quantitative estimate of drug-likeness (QED) is 0.620. The van der Waals surface area contributed by atoms with Crippen molar-refractivity contribution >= 4 is 21.9 Å². The van der Waals surface area contributed by atoms with E-state index in [-0.39, 0.29) is 22.4 Å². The molecule has 2 fully saturated rings. The van der Waals surface area contributed by atoms with Gasteiger partial charge in [-0.05, 0) is 56.7 Å². The number of rotatable bonds is 6. The van der Waals surface area contributed by atoms with Gasteiger partial charge in [0, 0.05) is 26.2 Å². The Morgan fingerprint density at radius 2 is 1.74 bits per heavy atom. The number of carbonyl (C=O) groups is 2. The van der Waals surface area contributed by atoms with Crippen LogP contribution in [0.3, 0.4) is 0 Å². The molecule has 0 N–H and O–H groups in total. The minimum absolute atomic E-state index is 0.0146. The van der Waals surface area contributed by atoms with Gasteiger partial charge in [-0.15, -0.1) is 0 Å². The molecule has 7 nitrogen and oxygen atoms in total. The van der Waals surface area contributed by atoms with E-state index < -0.39 is 22.1 Å². The van der Waals surface area contributed by atoms with Crippen molar-refractivity contribution in [1.82, 2.24) is 9.21 Å². The van der Waals surface area contributed by atoms with Gasteiger partial charge < -0.3 is 9.64 Å². The zero-order chi connectivity index (χ0) is 22.6. The predicted molar refractivity (Wildman–Crippen MR) is 118 cm³/mol. The molecule has 0 spiro atoms. The van der Waals surface area contributed by atoms with E-state index in [0.717, 1.165) is 44.9 Å². The molecular formula is C23H34N2O5S. The van der Waals surface area contributed by atoms with E-state index in [1.54, 1.807) is 18.9 Å². The standard InChI is InChI=1S/C23H34N2O5S/c1-17-12-14-25(15-13-17)22(26)18(2)30-23(27)19-8-7-11-21(16-19)31(28,29)24(3)20-9-5-4-6-10-20/h7-8,11,16-18,20H,4-6,9-10,12-15H2,1-3H3/t18-/m1/s1. The molecule has 1 aliphatic heterocycles. The number of hydrogen-bond acceptors (Lipinski definition) is 5. The summed E-state index contributed by atoms with van der Waals surface area (Å²) in [5, 5.41) is 0. The summed E-state index contributed by atoms with van der Waals surface area (Å²) in [7, 11) is -2.10.